The third kappa shape index (κ3) is 7.76. The molecular formula is C28H36N2O7. The maximum atomic E-state index is 13.2. The molecule has 2 heterocycles. The first-order valence-corrected chi connectivity index (χ1v) is 12.7. The number of ether oxygens (including phenoxy) is 4. The van der Waals surface area contributed by atoms with Crippen molar-refractivity contribution in [3.63, 3.8) is 0 Å². The third-order valence-corrected chi connectivity index (χ3v) is 6.29. The van der Waals surface area contributed by atoms with Crippen molar-refractivity contribution in [1.29, 1.82) is 0 Å². The van der Waals surface area contributed by atoms with Gasteiger partial charge in [-0.25, -0.2) is 9.78 Å². The second kappa shape index (κ2) is 13.7. The fraction of sp³-hybridized carbons (Fsp3) is 0.500. The number of benzene rings is 1. The van der Waals surface area contributed by atoms with E-state index >= 15 is 0 Å². The van der Waals surface area contributed by atoms with Crippen molar-refractivity contribution in [2.24, 2.45) is 5.92 Å². The van der Waals surface area contributed by atoms with E-state index in [-0.39, 0.29) is 29.2 Å². The van der Waals surface area contributed by atoms with Crippen LogP contribution in [0, 0.1) is 5.92 Å². The van der Waals surface area contributed by atoms with E-state index < -0.39 is 30.0 Å². The van der Waals surface area contributed by atoms with Gasteiger partial charge in [0, 0.05) is 25.8 Å². The molecule has 4 unspecified atom stereocenters. The SMILES string of the molecule is CCCOC1C(Cc2ccccc2)CCCC(NC(=O)c2nccc(OC)c2OC(C)=O)C(=O)OC1C. The van der Waals surface area contributed by atoms with Crippen LogP contribution in [0.25, 0.3) is 0 Å². The molecule has 1 fully saturated rings. The maximum absolute atomic E-state index is 13.2. The first kappa shape index (κ1) is 28.1. The number of esters is 2. The molecule has 3 rings (SSSR count). The van der Waals surface area contributed by atoms with E-state index in [1.165, 1.54) is 31.9 Å². The Balaban J connectivity index is 1.80. The maximum Gasteiger partial charge on any atom is 0.329 e. The minimum atomic E-state index is -0.893. The lowest BCUT2D eigenvalue weighted by Gasteiger charge is -2.31. The van der Waals surface area contributed by atoms with Gasteiger partial charge < -0.3 is 24.3 Å². The lowest BCUT2D eigenvalue weighted by Crippen LogP contribution is -2.44. The largest absolute Gasteiger partial charge is 0.493 e. The summed E-state index contributed by atoms with van der Waals surface area (Å²) in [7, 11) is 1.39. The Kier molecular flexibility index (Phi) is 10.4. The molecule has 200 valence electrons. The van der Waals surface area contributed by atoms with Crippen molar-refractivity contribution in [3.05, 3.63) is 53.9 Å². The van der Waals surface area contributed by atoms with Crippen LogP contribution < -0.4 is 14.8 Å². The highest BCUT2D eigenvalue weighted by atomic mass is 16.6. The van der Waals surface area contributed by atoms with Gasteiger partial charge in [0.2, 0.25) is 5.75 Å². The molecule has 0 radical (unpaired) electrons. The molecule has 1 aromatic heterocycles. The number of cyclic esters (lactones) is 1. The second-order valence-corrected chi connectivity index (χ2v) is 9.17. The van der Waals surface area contributed by atoms with Gasteiger partial charge in [-0.05, 0) is 44.1 Å². The van der Waals surface area contributed by atoms with Crippen LogP contribution in [0.1, 0.15) is 62.5 Å². The second-order valence-electron chi connectivity index (χ2n) is 9.17. The average Bonchev–Trinajstić information content (AvgIpc) is 2.92. The topological polar surface area (TPSA) is 113 Å². The Morgan fingerprint density at radius 3 is 2.59 bits per heavy atom. The van der Waals surface area contributed by atoms with Gasteiger partial charge >= 0.3 is 11.9 Å². The summed E-state index contributed by atoms with van der Waals surface area (Å²) in [6.45, 7) is 5.66. The first-order valence-electron chi connectivity index (χ1n) is 12.7. The molecule has 1 saturated heterocycles. The Hall–Kier alpha value is -3.46. The highest BCUT2D eigenvalue weighted by Crippen LogP contribution is 2.31. The van der Waals surface area contributed by atoms with Crippen LogP contribution in [0.5, 0.6) is 11.5 Å². The van der Waals surface area contributed by atoms with Crippen LogP contribution in [-0.4, -0.2) is 54.8 Å². The summed E-state index contributed by atoms with van der Waals surface area (Å²) >= 11 is 0. The summed E-state index contributed by atoms with van der Waals surface area (Å²) in [5.74, 6) is -1.61. The van der Waals surface area contributed by atoms with Crippen molar-refractivity contribution in [2.75, 3.05) is 13.7 Å². The molecule has 1 aromatic carbocycles. The molecule has 1 amide bonds. The summed E-state index contributed by atoms with van der Waals surface area (Å²) < 4.78 is 22.4. The van der Waals surface area contributed by atoms with E-state index in [1.54, 1.807) is 0 Å². The monoisotopic (exact) mass is 512 g/mol. The number of hydrogen-bond acceptors (Lipinski definition) is 8. The number of carbonyl (C=O) groups is 3. The van der Waals surface area contributed by atoms with Crippen LogP contribution in [-0.2, 0) is 25.5 Å². The predicted octanol–water partition coefficient (Wildman–Crippen LogP) is 3.88. The smallest absolute Gasteiger partial charge is 0.329 e. The summed E-state index contributed by atoms with van der Waals surface area (Å²) in [6.07, 6.45) is 4.11. The zero-order chi connectivity index (χ0) is 26.8. The molecule has 9 nitrogen and oxygen atoms in total. The third-order valence-electron chi connectivity index (χ3n) is 6.29. The van der Waals surface area contributed by atoms with E-state index in [4.69, 9.17) is 18.9 Å². The highest BCUT2D eigenvalue weighted by molar-refractivity contribution is 5.98. The van der Waals surface area contributed by atoms with Gasteiger partial charge in [0.25, 0.3) is 5.91 Å². The van der Waals surface area contributed by atoms with Gasteiger partial charge in [-0.15, -0.1) is 0 Å². The van der Waals surface area contributed by atoms with Gasteiger partial charge in [-0.3, -0.25) is 9.59 Å². The van der Waals surface area contributed by atoms with Crippen molar-refractivity contribution in [1.82, 2.24) is 10.3 Å². The summed E-state index contributed by atoms with van der Waals surface area (Å²) in [6, 6.07) is 10.8. The van der Waals surface area contributed by atoms with Crippen LogP contribution in [0.2, 0.25) is 0 Å². The Morgan fingerprint density at radius 1 is 1.16 bits per heavy atom. The van der Waals surface area contributed by atoms with Crippen molar-refractivity contribution >= 4 is 17.8 Å². The standard InChI is InChI=1S/C28H36N2O7/c1-5-16-35-25-18(2)36-28(33)22(13-9-12-21(25)17-20-10-7-6-8-11-20)30-27(32)24-26(37-19(3)31)23(34-4)14-15-29-24/h6-8,10-11,14-15,18,21-22,25H,5,9,12-13,16-17H2,1-4H3,(H,30,32). The van der Waals surface area contributed by atoms with Crippen LogP contribution in [0.4, 0.5) is 0 Å². The van der Waals surface area contributed by atoms with E-state index in [9.17, 15) is 14.4 Å². The van der Waals surface area contributed by atoms with E-state index in [0.29, 0.717) is 19.4 Å². The first-order chi connectivity index (χ1) is 17.8. The quantitative estimate of drug-likeness (QED) is 0.504. The number of nitrogens with one attached hydrogen (secondary N) is 1. The number of carbonyl (C=O) groups excluding carboxylic acids is 3. The van der Waals surface area contributed by atoms with Crippen molar-refractivity contribution in [3.8, 4) is 11.5 Å². The molecule has 1 aliphatic heterocycles. The summed E-state index contributed by atoms with van der Waals surface area (Å²) in [4.78, 5) is 42.0. The van der Waals surface area contributed by atoms with Crippen LogP contribution in [0.15, 0.2) is 42.6 Å². The molecular weight excluding hydrogens is 476 g/mol. The number of methoxy groups -OCH3 is 1. The average molecular weight is 513 g/mol. The van der Waals surface area contributed by atoms with E-state index in [1.807, 2.05) is 32.0 Å². The summed E-state index contributed by atoms with van der Waals surface area (Å²) in [5.41, 5.74) is 1.05. The summed E-state index contributed by atoms with van der Waals surface area (Å²) in [5, 5.41) is 2.72. The number of nitrogens with zero attached hydrogens (tertiary/aromatic N) is 1. The Labute approximate surface area is 217 Å². The minimum absolute atomic E-state index is 0.101. The van der Waals surface area contributed by atoms with Crippen LogP contribution >= 0.6 is 0 Å². The zero-order valence-electron chi connectivity index (χ0n) is 21.9. The van der Waals surface area contributed by atoms with Gasteiger partial charge in [-0.1, -0.05) is 43.7 Å². The molecule has 0 bridgehead atoms. The van der Waals surface area contributed by atoms with Crippen molar-refractivity contribution < 1.29 is 33.3 Å². The number of aromatic nitrogens is 1. The van der Waals surface area contributed by atoms with Crippen molar-refractivity contribution in [2.45, 2.75) is 71.1 Å². The molecule has 2 aromatic rings. The number of hydrogen-bond donors (Lipinski definition) is 1. The van der Waals surface area contributed by atoms with E-state index in [2.05, 4.69) is 22.4 Å². The zero-order valence-corrected chi connectivity index (χ0v) is 21.9. The lowest BCUT2D eigenvalue weighted by atomic mass is 9.87. The Morgan fingerprint density at radius 2 is 1.92 bits per heavy atom. The van der Waals surface area contributed by atoms with Gasteiger partial charge in [0.05, 0.1) is 13.2 Å². The molecule has 0 spiro atoms. The van der Waals surface area contributed by atoms with Gasteiger partial charge in [0.1, 0.15) is 12.1 Å². The normalized spacial score (nSPS) is 22.1. The molecule has 1 aliphatic rings. The highest BCUT2D eigenvalue weighted by Gasteiger charge is 2.35. The fourth-order valence-corrected chi connectivity index (χ4v) is 4.60. The molecule has 0 aliphatic carbocycles. The fourth-order valence-electron chi connectivity index (χ4n) is 4.60. The van der Waals surface area contributed by atoms with Gasteiger partial charge in [-0.2, -0.15) is 0 Å². The Bertz CT molecular complexity index is 1060. The molecule has 37 heavy (non-hydrogen) atoms. The molecule has 1 N–H and O–H groups in total. The molecule has 4 atom stereocenters. The van der Waals surface area contributed by atoms with Crippen LogP contribution in [0.3, 0.4) is 0 Å². The predicted molar refractivity (Wildman–Crippen MR) is 136 cm³/mol. The number of rotatable bonds is 9. The van der Waals surface area contributed by atoms with E-state index in [0.717, 1.165) is 19.3 Å². The molecule has 0 saturated carbocycles. The minimum Gasteiger partial charge on any atom is -0.493 e. The number of pyridine rings is 1. The lowest BCUT2D eigenvalue weighted by molar-refractivity contribution is -0.160. The van der Waals surface area contributed by atoms with Gasteiger partial charge in [0.15, 0.2) is 11.4 Å². The molecule has 9 heteroatoms. The number of amides is 1.